The molecule has 0 atom stereocenters. The minimum absolute atomic E-state index is 0.260. The van der Waals surface area contributed by atoms with Crippen LogP contribution in [-0.4, -0.2) is 13.1 Å². The molecule has 2 nitrogen and oxygen atoms in total. The van der Waals surface area contributed by atoms with Crippen LogP contribution in [0.4, 0.5) is 0 Å². The van der Waals surface area contributed by atoms with Crippen molar-refractivity contribution >= 4 is 17.3 Å². The van der Waals surface area contributed by atoms with Crippen molar-refractivity contribution in [1.29, 1.82) is 0 Å². The summed E-state index contributed by atoms with van der Waals surface area (Å²) in [6.45, 7) is 6.15. The lowest BCUT2D eigenvalue weighted by molar-refractivity contribution is 0.0607. The highest BCUT2D eigenvalue weighted by molar-refractivity contribution is 7.12. The van der Waals surface area contributed by atoms with E-state index < -0.39 is 0 Å². The fourth-order valence-corrected chi connectivity index (χ4v) is 3.01. The molecule has 0 aliphatic carbocycles. The normalized spacial score (nSPS) is 10.4. The first-order valence-electron chi connectivity index (χ1n) is 5.78. The first-order valence-corrected chi connectivity index (χ1v) is 6.66. The second-order valence-electron chi connectivity index (χ2n) is 4.43. The Balaban J connectivity index is 2.66. The van der Waals surface area contributed by atoms with Gasteiger partial charge in [0.2, 0.25) is 0 Å². The average Bonchev–Trinajstić information content (AvgIpc) is 2.73. The molecule has 0 N–H and O–H groups in total. The quantitative estimate of drug-likeness (QED) is 0.759. The van der Waals surface area contributed by atoms with E-state index in [2.05, 4.69) is 32.0 Å². The topological polar surface area (TPSA) is 26.3 Å². The molecule has 2 rings (SSSR count). The molecule has 1 heterocycles. The van der Waals surface area contributed by atoms with E-state index >= 15 is 0 Å². The number of hydrogen-bond acceptors (Lipinski definition) is 3. The Morgan fingerprint density at radius 2 is 1.89 bits per heavy atom. The summed E-state index contributed by atoms with van der Waals surface area (Å²) in [6, 6.07) is 6.29. The van der Waals surface area contributed by atoms with E-state index in [1.165, 1.54) is 29.6 Å². The van der Waals surface area contributed by atoms with Crippen LogP contribution >= 0.6 is 11.3 Å². The van der Waals surface area contributed by atoms with Gasteiger partial charge in [0.1, 0.15) is 4.88 Å². The Labute approximate surface area is 111 Å². The molecule has 0 aliphatic heterocycles. The van der Waals surface area contributed by atoms with E-state index in [1.807, 2.05) is 12.3 Å². The number of carbonyl (C=O) groups excluding carboxylic acids is 1. The zero-order valence-corrected chi connectivity index (χ0v) is 11.9. The Bertz CT molecular complexity index is 597. The number of aryl methyl sites for hydroxylation is 3. The molecule has 1 aromatic carbocycles. The van der Waals surface area contributed by atoms with Gasteiger partial charge in [0.05, 0.1) is 7.11 Å². The van der Waals surface area contributed by atoms with Gasteiger partial charge in [-0.25, -0.2) is 4.79 Å². The van der Waals surface area contributed by atoms with Gasteiger partial charge in [0.25, 0.3) is 0 Å². The van der Waals surface area contributed by atoms with Crippen molar-refractivity contribution in [1.82, 2.24) is 0 Å². The van der Waals surface area contributed by atoms with Gasteiger partial charge >= 0.3 is 5.97 Å². The monoisotopic (exact) mass is 260 g/mol. The minimum atomic E-state index is -0.260. The fraction of sp³-hybridized carbons (Fsp3) is 0.267. The van der Waals surface area contributed by atoms with Crippen molar-refractivity contribution in [3.05, 3.63) is 45.1 Å². The summed E-state index contributed by atoms with van der Waals surface area (Å²) in [6.07, 6.45) is 0. The minimum Gasteiger partial charge on any atom is -0.465 e. The molecule has 0 bridgehead atoms. The van der Waals surface area contributed by atoms with Crippen LogP contribution in [0.25, 0.3) is 11.1 Å². The highest BCUT2D eigenvalue weighted by Crippen LogP contribution is 2.35. The summed E-state index contributed by atoms with van der Waals surface area (Å²) < 4.78 is 4.85. The fourth-order valence-electron chi connectivity index (χ4n) is 2.03. The second-order valence-corrected chi connectivity index (χ2v) is 5.31. The molecule has 3 heteroatoms. The van der Waals surface area contributed by atoms with Crippen LogP contribution in [0.15, 0.2) is 23.6 Å². The molecule has 1 aromatic heterocycles. The smallest absolute Gasteiger partial charge is 0.348 e. The molecular formula is C15H16O2S. The summed E-state index contributed by atoms with van der Waals surface area (Å²) in [5, 5.41) is 2.00. The lowest BCUT2D eigenvalue weighted by atomic mass is 9.96. The van der Waals surface area contributed by atoms with E-state index in [0.717, 1.165) is 16.7 Å². The van der Waals surface area contributed by atoms with Crippen molar-refractivity contribution in [3.63, 3.8) is 0 Å². The van der Waals surface area contributed by atoms with Crippen molar-refractivity contribution < 1.29 is 9.53 Å². The van der Waals surface area contributed by atoms with Gasteiger partial charge in [-0.2, -0.15) is 0 Å². The maximum absolute atomic E-state index is 11.8. The number of thiophene rings is 1. The molecule has 0 aliphatic rings. The first-order chi connectivity index (χ1) is 8.54. The maximum Gasteiger partial charge on any atom is 0.348 e. The summed E-state index contributed by atoms with van der Waals surface area (Å²) in [5.74, 6) is -0.260. The van der Waals surface area contributed by atoms with Crippen LogP contribution in [0.5, 0.6) is 0 Å². The molecule has 0 fully saturated rings. The third-order valence-corrected chi connectivity index (χ3v) is 4.09. The van der Waals surface area contributed by atoms with Crippen molar-refractivity contribution in [3.8, 4) is 11.1 Å². The number of rotatable bonds is 2. The number of methoxy groups -OCH3 is 1. The third-order valence-electron chi connectivity index (χ3n) is 3.01. The Morgan fingerprint density at radius 1 is 1.17 bits per heavy atom. The van der Waals surface area contributed by atoms with E-state index in [4.69, 9.17) is 4.74 Å². The van der Waals surface area contributed by atoms with Gasteiger partial charge in [0.15, 0.2) is 0 Å². The Morgan fingerprint density at radius 3 is 2.56 bits per heavy atom. The summed E-state index contributed by atoms with van der Waals surface area (Å²) in [7, 11) is 1.42. The Kier molecular flexibility index (Phi) is 3.53. The predicted molar refractivity (Wildman–Crippen MR) is 75.3 cm³/mol. The maximum atomic E-state index is 11.8. The van der Waals surface area contributed by atoms with Gasteiger partial charge < -0.3 is 4.74 Å². The highest BCUT2D eigenvalue weighted by atomic mass is 32.1. The molecule has 0 saturated heterocycles. The van der Waals surface area contributed by atoms with Crippen LogP contribution < -0.4 is 0 Å². The summed E-state index contributed by atoms with van der Waals surface area (Å²) >= 11 is 1.44. The number of ether oxygens (including phenoxy) is 1. The van der Waals surface area contributed by atoms with Crippen molar-refractivity contribution in [2.75, 3.05) is 7.11 Å². The van der Waals surface area contributed by atoms with E-state index in [9.17, 15) is 4.79 Å². The Hall–Kier alpha value is -1.61. The van der Waals surface area contributed by atoms with E-state index in [0.29, 0.717) is 4.88 Å². The number of carbonyl (C=O) groups is 1. The first kappa shape index (κ1) is 12.8. The van der Waals surface area contributed by atoms with Crippen molar-refractivity contribution in [2.24, 2.45) is 0 Å². The number of benzene rings is 1. The third kappa shape index (κ3) is 2.18. The lowest BCUT2D eigenvalue weighted by Gasteiger charge is -2.09. The molecular weight excluding hydrogens is 244 g/mol. The largest absolute Gasteiger partial charge is 0.465 e. The second kappa shape index (κ2) is 4.94. The molecule has 94 valence electrons. The van der Waals surface area contributed by atoms with E-state index in [1.54, 1.807) is 0 Å². The summed E-state index contributed by atoms with van der Waals surface area (Å²) in [4.78, 5) is 12.5. The number of esters is 1. The van der Waals surface area contributed by atoms with Crippen molar-refractivity contribution in [2.45, 2.75) is 20.8 Å². The molecule has 2 aromatic rings. The van der Waals surface area contributed by atoms with Crippen LogP contribution in [0.1, 0.15) is 26.4 Å². The van der Waals surface area contributed by atoms with Gasteiger partial charge in [-0.15, -0.1) is 11.3 Å². The molecule has 0 radical (unpaired) electrons. The van der Waals surface area contributed by atoms with Gasteiger partial charge in [-0.05, 0) is 42.8 Å². The SMILES string of the molecule is COC(=O)c1scc(C)c1-c1cc(C)ccc1C. The predicted octanol–water partition coefficient (Wildman–Crippen LogP) is 4.13. The lowest BCUT2D eigenvalue weighted by Crippen LogP contribution is -2.01. The van der Waals surface area contributed by atoms with Crippen LogP contribution in [-0.2, 0) is 4.74 Å². The molecule has 0 spiro atoms. The average molecular weight is 260 g/mol. The summed E-state index contributed by atoms with van der Waals surface area (Å²) in [5.41, 5.74) is 5.61. The zero-order chi connectivity index (χ0) is 13.3. The van der Waals surface area contributed by atoms with Gasteiger partial charge in [0, 0.05) is 5.56 Å². The zero-order valence-electron chi connectivity index (χ0n) is 11.0. The number of hydrogen-bond donors (Lipinski definition) is 0. The standard InChI is InChI=1S/C15H16O2S/c1-9-5-6-10(2)12(7-9)13-11(3)8-18-14(13)15(16)17-4/h5-8H,1-4H3. The highest BCUT2D eigenvalue weighted by Gasteiger charge is 2.19. The molecule has 0 amide bonds. The van der Waals surface area contributed by atoms with Gasteiger partial charge in [-0.1, -0.05) is 23.8 Å². The van der Waals surface area contributed by atoms with E-state index in [-0.39, 0.29) is 5.97 Å². The molecule has 0 unspecified atom stereocenters. The van der Waals surface area contributed by atoms with Gasteiger partial charge in [-0.3, -0.25) is 0 Å². The molecule has 0 saturated carbocycles. The van der Waals surface area contributed by atoms with Crippen LogP contribution in [0, 0.1) is 20.8 Å². The van der Waals surface area contributed by atoms with Crippen LogP contribution in [0.2, 0.25) is 0 Å². The van der Waals surface area contributed by atoms with Crippen LogP contribution in [0.3, 0.4) is 0 Å². The molecule has 18 heavy (non-hydrogen) atoms.